The maximum Gasteiger partial charge on any atom is 0.255 e. The normalized spacial score (nSPS) is 10.4. The van der Waals surface area contributed by atoms with E-state index in [4.69, 9.17) is 4.74 Å². The Bertz CT molecular complexity index is 622. The van der Waals surface area contributed by atoms with Crippen molar-refractivity contribution in [2.45, 2.75) is 19.8 Å². The van der Waals surface area contributed by atoms with E-state index >= 15 is 0 Å². The molecule has 21 heavy (non-hydrogen) atoms. The number of phenols is 1. The minimum Gasteiger partial charge on any atom is -0.504 e. The molecule has 6 nitrogen and oxygen atoms in total. The molecule has 0 radical (unpaired) electrons. The molecule has 6 heteroatoms. The Morgan fingerprint density at radius 3 is 2.95 bits per heavy atom. The third-order valence-corrected chi connectivity index (χ3v) is 3.31. The largest absolute Gasteiger partial charge is 0.504 e. The van der Waals surface area contributed by atoms with Crippen LogP contribution in [0.3, 0.4) is 0 Å². The highest BCUT2D eigenvalue weighted by Crippen LogP contribution is 2.29. The molecule has 0 fully saturated rings. The molecule has 1 amide bonds. The molecule has 0 aliphatic rings. The van der Waals surface area contributed by atoms with E-state index < -0.39 is 0 Å². The van der Waals surface area contributed by atoms with Crippen LogP contribution in [-0.4, -0.2) is 34.9 Å². The Kier molecular flexibility index (Phi) is 4.81. The number of hydrogen-bond donors (Lipinski definition) is 3. The SMILES string of the molecule is COc1cccc(C(=O)NCCCc2cn[nH]c2C)c1O. The quantitative estimate of drug-likeness (QED) is 0.708. The second-order valence-electron chi connectivity index (χ2n) is 4.74. The number of benzene rings is 1. The summed E-state index contributed by atoms with van der Waals surface area (Å²) in [6.45, 7) is 2.50. The zero-order valence-corrected chi connectivity index (χ0v) is 12.1. The van der Waals surface area contributed by atoms with Crippen molar-refractivity contribution in [3.63, 3.8) is 0 Å². The number of H-pyrrole nitrogens is 1. The van der Waals surface area contributed by atoms with E-state index in [0.29, 0.717) is 6.54 Å². The number of nitrogens with one attached hydrogen (secondary N) is 2. The number of methoxy groups -OCH3 is 1. The number of para-hydroxylation sites is 1. The lowest BCUT2D eigenvalue weighted by molar-refractivity contribution is 0.0950. The summed E-state index contributed by atoms with van der Waals surface area (Å²) in [5.41, 5.74) is 2.41. The molecular formula is C15H19N3O3. The molecule has 1 aromatic heterocycles. The van der Waals surface area contributed by atoms with E-state index in [2.05, 4.69) is 15.5 Å². The van der Waals surface area contributed by atoms with Crippen molar-refractivity contribution in [2.24, 2.45) is 0 Å². The van der Waals surface area contributed by atoms with E-state index in [9.17, 15) is 9.90 Å². The molecule has 0 spiro atoms. The van der Waals surface area contributed by atoms with Crippen molar-refractivity contribution in [1.29, 1.82) is 0 Å². The van der Waals surface area contributed by atoms with Gasteiger partial charge in [-0.25, -0.2) is 0 Å². The van der Waals surface area contributed by atoms with Gasteiger partial charge in [0.1, 0.15) is 0 Å². The highest BCUT2D eigenvalue weighted by Gasteiger charge is 2.14. The first kappa shape index (κ1) is 14.9. The van der Waals surface area contributed by atoms with Crippen LogP contribution in [0.25, 0.3) is 0 Å². The number of rotatable bonds is 6. The van der Waals surface area contributed by atoms with Gasteiger partial charge in [-0.05, 0) is 37.5 Å². The van der Waals surface area contributed by atoms with E-state index in [1.54, 1.807) is 24.4 Å². The van der Waals surface area contributed by atoms with Gasteiger partial charge < -0.3 is 15.2 Å². The van der Waals surface area contributed by atoms with Crippen LogP contribution in [0.5, 0.6) is 11.5 Å². The summed E-state index contributed by atoms with van der Waals surface area (Å²) < 4.78 is 4.98. The number of aromatic amines is 1. The molecule has 1 aromatic carbocycles. The van der Waals surface area contributed by atoms with Gasteiger partial charge >= 0.3 is 0 Å². The lowest BCUT2D eigenvalue weighted by Gasteiger charge is -2.09. The molecule has 0 unspecified atom stereocenters. The highest BCUT2D eigenvalue weighted by atomic mass is 16.5. The summed E-state index contributed by atoms with van der Waals surface area (Å²) in [6, 6.07) is 4.84. The molecule has 1 heterocycles. The predicted octanol–water partition coefficient (Wildman–Crippen LogP) is 1.79. The van der Waals surface area contributed by atoms with Gasteiger partial charge in [-0.2, -0.15) is 5.10 Å². The zero-order valence-electron chi connectivity index (χ0n) is 12.1. The number of phenolic OH excluding ortho intramolecular Hbond substituents is 1. The van der Waals surface area contributed by atoms with Crippen molar-refractivity contribution in [3.05, 3.63) is 41.2 Å². The number of hydrogen-bond acceptors (Lipinski definition) is 4. The van der Waals surface area contributed by atoms with Crippen LogP contribution in [0.1, 0.15) is 28.0 Å². The van der Waals surface area contributed by atoms with E-state index in [-0.39, 0.29) is 23.0 Å². The molecule has 0 aliphatic carbocycles. The lowest BCUT2D eigenvalue weighted by Crippen LogP contribution is -2.24. The fourth-order valence-electron chi connectivity index (χ4n) is 2.07. The van der Waals surface area contributed by atoms with Crippen LogP contribution in [0, 0.1) is 6.92 Å². The summed E-state index contributed by atoms with van der Waals surface area (Å²) in [4.78, 5) is 12.0. The van der Waals surface area contributed by atoms with Crippen LogP contribution in [0.15, 0.2) is 24.4 Å². The van der Waals surface area contributed by atoms with Crippen LogP contribution in [-0.2, 0) is 6.42 Å². The topological polar surface area (TPSA) is 87.2 Å². The van der Waals surface area contributed by atoms with Crippen LogP contribution in [0.4, 0.5) is 0 Å². The molecule has 0 bridgehead atoms. The van der Waals surface area contributed by atoms with Crippen molar-refractivity contribution < 1.29 is 14.6 Å². The van der Waals surface area contributed by atoms with Gasteiger partial charge in [0, 0.05) is 12.2 Å². The standard InChI is InChI=1S/C15H19N3O3/c1-10-11(9-17-18-10)5-4-8-16-15(20)12-6-3-7-13(21-2)14(12)19/h3,6-7,9,19H,4-5,8H2,1-2H3,(H,16,20)(H,17,18). The van der Waals surface area contributed by atoms with Crippen molar-refractivity contribution >= 4 is 5.91 Å². The minimum absolute atomic E-state index is 0.136. The molecule has 112 valence electrons. The van der Waals surface area contributed by atoms with Crippen molar-refractivity contribution in [3.8, 4) is 11.5 Å². The maximum absolute atomic E-state index is 12.0. The van der Waals surface area contributed by atoms with Gasteiger partial charge in [0.25, 0.3) is 5.91 Å². The van der Waals surface area contributed by atoms with E-state index in [1.165, 1.54) is 7.11 Å². The number of aromatic hydroxyl groups is 1. The molecule has 2 aromatic rings. The summed E-state index contributed by atoms with van der Waals surface area (Å²) >= 11 is 0. The number of amides is 1. The number of carbonyl (C=O) groups is 1. The van der Waals surface area contributed by atoms with Gasteiger partial charge in [0.05, 0.1) is 18.9 Å². The minimum atomic E-state index is -0.310. The fourth-order valence-corrected chi connectivity index (χ4v) is 2.07. The first-order valence-electron chi connectivity index (χ1n) is 6.76. The molecule has 0 saturated carbocycles. The van der Waals surface area contributed by atoms with Crippen LogP contribution < -0.4 is 10.1 Å². The Morgan fingerprint density at radius 1 is 1.48 bits per heavy atom. The fraction of sp³-hybridized carbons (Fsp3) is 0.333. The summed E-state index contributed by atoms with van der Waals surface area (Å²) in [7, 11) is 1.45. The Labute approximate surface area is 123 Å². The number of aryl methyl sites for hydroxylation is 2. The van der Waals surface area contributed by atoms with Gasteiger partial charge in [-0.15, -0.1) is 0 Å². The Balaban J connectivity index is 1.86. The summed E-state index contributed by atoms with van der Waals surface area (Å²) in [5.74, 6) is -0.157. The van der Waals surface area contributed by atoms with Crippen LogP contribution in [0.2, 0.25) is 0 Å². The van der Waals surface area contributed by atoms with Crippen molar-refractivity contribution in [2.75, 3.05) is 13.7 Å². The third-order valence-electron chi connectivity index (χ3n) is 3.31. The smallest absolute Gasteiger partial charge is 0.255 e. The van der Waals surface area contributed by atoms with E-state index in [1.807, 2.05) is 6.92 Å². The van der Waals surface area contributed by atoms with Crippen LogP contribution >= 0.6 is 0 Å². The molecule has 0 aliphatic heterocycles. The van der Waals surface area contributed by atoms with Gasteiger partial charge in [0.15, 0.2) is 11.5 Å². The summed E-state index contributed by atoms with van der Waals surface area (Å²) in [5, 5.41) is 19.5. The van der Waals surface area contributed by atoms with E-state index in [0.717, 1.165) is 24.1 Å². The van der Waals surface area contributed by atoms with Gasteiger partial charge in [-0.1, -0.05) is 6.07 Å². The monoisotopic (exact) mass is 289 g/mol. The first-order valence-corrected chi connectivity index (χ1v) is 6.76. The molecule has 2 rings (SSSR count). The third kappa shape index (κ3) is 3.53. The van der Waals surface area contributed by atoms with Crippen molar-refractivity contribution in [1.82, 2.24) is 15.5 Å². The number of carbonyl (C=O) groups excluding carboxylic acids is 1. The number of aromatic nitrogens is 2. The van der Waals surface area contributed by atoms with Gasteiger partial charge in [0.2, 0.25) is 0 Å². The maximum atomic E-state index is 12.0. The Morgan fingerprint density at radius 2 is 2.29 bits per heavy atom. The number of nitrogens with zero attached hydrogens (tertiary/aromatic N) is 1. The highest BCUT2D eigenvalue weighted by molar-refractivity contribution is 5.97. The molecule has 0 saturated heterocycles. The summed E-state index contributed by atoms with van der Waals surface area (Å²) in [6.07, 6.45) is 3.44. The first-order chi connectivity index (χ1) is 10.1. The molecule has 3 N–H and O–H groups in total. The molecular weight excluding hydrogens is 270 g/mol. The number of ether oxygens (including phenoxy) is 1. The average Bonchev–Trinajstić information content (AvgIpc) is 2.89. The Hall–Kier alpha value is -2.50. The zero-order chi connectivity index (χ0) is 15.2. The lowest BCUT2D eigenvalue weighted by atomic mass is 10.1. The second kappa shape index (κ2) is 6.78. The van der Waals surface area contributed by atoms with Gasteiger partial charge in [-0.3, -0.25) is 9.89 Å². The second-order valence-corrected chi connectivity index (χ2v) is 4.74. The predicted molar refractivity (Wildman–Crippen MR) is 78.6 cm³/mol. The average molecular weight is 289 g/mol. The molecule has 0 atom stereocenters.